The molecule has 120 valence electrons. The molecular formula is C17H18N2O4. The summed E-state index contributed by atoms with van der Waals surface area (Å²) in [6.45, 7) is 0.105. The van der Waals surface area contributed by atoms with Crippen LogP contribution in [0.5, 0.6) is 0 Å². The molecule has 2 amide bonds. The van der Waals surface area contributed by atoms with E-state index in [4.69, 9.17) is 15.2 Å². The standard InChI is InChI=1S/C17H18N2O4/c18-16(20)22-11-14(13-7-3-1-4-8-13)12-23-17(21)19-15-9-5-2-6-10-15/h1-10,14H,11-12H2,(H2,18,20)(H,19,21). The second kappa shape index (κ2) is 8.43. The van der Waals surface area contributed by atoms with Gasteiger partial charge in [0, 0.05) is 5.69 Å². The van der Waals surface area contributed by atoms with E-state index in [0.29, 0.717) is 5.69 Å². The van der Waals surface area contributed by atoms with Gasteiger partial charge in [0.15, 0.2) is 0 Å². The van der Waals surface area contributed by atoms with E-state index in [-0.39, 0.29) is 19.1 Å². The van der Waals surface area contributed by atoms with Gasteiger partial charge in [-0.1, -0.05) is 48.5 Å². The summed E-state index contributed by atoms with van der Waals surface area (Å²) in [5, 5.41) is 2.62. The van der Waals surface area contributed by atoms with Crippen LogP contribution in [0, 0.1) is 0 Å². The zero-order chi connectivity index (χ0) is 16.5. The first kappa shape index (κ1) is 16.4. The lowest BCUT2D eigenvalue weighted by Crippen LogP contribution is -2.23. The van der Waals surface area contributed by atoms with Crippen LogP contribution in [0.1, 0.15) is 11.5 Å². The van der Waals surface area contributed by atoms with Crippen LogP contribution in [0.25, 0.3) is 0 Å². The molecule has 23 heavy (non-hydrogen) atoms. The summed E-state index contributed by atoms with van der Waals surface area (Å²) in [4.78, 5) is 22.6. The van der Waals surface area contributed by atoms with Crippen LogP contribution in [0.15, 0.2) is 60.7 Å². The molecule has 0 aliphatic carbocycles. The van der Waals surface area contributed by atoms with Gasteiger partial charge in [-0.25, -0.2) is 9.59 Å². The molecule has 2 aromatic carbocycles. The number of carbonyl (C=O) groups is 2. The minimum Gasteiger partial charge on any atom is -0.449 e. The molecule has 2 rings (SSSR count). The number of hydrogen-bond donors (Lipinski definition) is 2. The number of nitrogens with one attached hydrogen (secondary N) is 1. The fourth-order valence-electron chi connectivity index (χ4n) is 2.00. The molecule has 1 unspecified atom stereocenters. The molecule has 0 radical (unpaired) electrons. The molecular weight excluding hydrogens is 296 g/mol. The average molecular weight is 314 g/mol. The highest BCUT2D eigenvalue weighted by atomic mass is 16.6. The predicted octanol–water partition coefficient (Wildman–Crippen LogP) is 3.11. The lowest BCUT2D eigenvalue weighted by atomic mass is 10.0. The number of primary amides is 1. The Kier molecular flexibility index (Phi) is 5.99. The molecule has 2 aromatic rings. The number of para-hydroxylation sites is 1. The molecule has 0 heterocycles. The summed E-state index contributed by atoms with van der Waals surface area (Å²) < 4.78 is 10.0. The highest BCUT2D eigenvalue weighted by Crippen LogP contribution is 2.17. The van der Waals surface area contributed by atoms with Gasteiger partial charge in [0.05, 0.1) is 5.92 Å². The van der Waals surface area contributed by atoms with Crippen molar-refractivity contribution in [1.29, 1.82) is 0 Å². The number of anilines is 1. The van der Waals surface area contributed by atoms with Gasteiger partial charge in [-0.15, -0.1) is 0 Å². The van der Waals surface area contributed by atoms with Crippen molar-refractivity contribution in [2.75, 3.05) is 18.5 Å². The first-order valence-electron chi connectivity index (χ1n) is 7.11. The zero-order valence-electron chi connectivity index (χ0n) is 12.5. The second-order valence-corrected chi connectivity index (χ2v) is 4.83. The number of benzene rings is 2. The molecule has 0 aromatic heterocycles. The lowest BCUT2D eigenvalue weighted by Gasteiger charge is -2.17. The van der Waals surface area contributed by atoms with Crippen LogP contribution in [0.2, 0.25) is 0 Å². The van der Waals surface area contributed by atoms with Crippen molar-refractivity contribution in [3.8, 4) is 0 Å². The van der Waals surface area contributed by atoms with Crippen molar-refractivity contribution in [2.45, 2.75) is 5.92 Å². The normalized spacial score (nSPS) is 11.3. The zero-order valence-corrected chi connectivity index (χ0v) is 12.5. The maximum Gasteiger partial charge on any atom is 0.411 e. The van der Waals surface area contributed by atoms with Crippen molar-refractivity contribution >= 4 is 17.9 Å². The summed E-state index contributed by atoms with van der Waals surface area (Å²) in [6.07, 6.45) is -1.43. The third-order valence-corrected chi connectivity index (χ3v) is 3.13. The Bertz CT molecular complexity index is 632. The summed E-state index contributed by atoms with van der Waals surface area (Å²) in [6, 6.07) is 18.3. The van der Waals surface area contributed by atoms with Crippen molar-refractivity contribution in [3.63, 3.8) is 0 Å². The average Bonchev–Trinajstić information content (AvgIpc) is 2.56. The smallest absolute Gasteiger partial charge is 0.411 e. The van der Waals surface area contributed by atoms with Gasteiger partial charge < -0.3 is 15.2 Å². The molecule has 0 aliphatic rings. The van der Waals surface area contributed by atoms with Crippen LogP contribution in [-0.2, 0) is 9.47 Å². The van der Waals surface area contributed by atoms with Gasteiger partial charge in [0.25, 0.3) is 0 Å². The summed E-state index contributed by atoms with van der Waals surface area (Å²) >= 11 is 0. The van der Waals surface area contributed by atoms with E-state index in [0.717, 1.165) is 5.56 Å². The van der Waals surface area contributed by atoms with Gasteiger partial charge in [-0.2, -0.15) is 0 Å². The van der Waals surface area contributed by atoms with Crippen molar-refractivity contribution in [1.82, 2.24) is 0 Å². The Morgan fingerprint density at radius 3 is 2.09 bits per heavy atom. The third-order valence-electron chi connectivity index (χ3n) is 3.13. The van der Waals surface area contributed by atoms with Crippen molar-refractivity contribution < 1.29 is 19.1 Å². The third kappa shape index (κ3) is 5.70. The monoisotopic (exact) mass is 314 g/mol. The molecule has 0 bridgehead atoms. The minimum absolute atomic E-state index is 0.0396. The predicted molar refractivity (Wildman–Crippen MR) is 86.1 cm³/mol. The number of hydrogen-bond acceptors (Lipinski definition) is 4. The number of nitrogens with two attached hydrogens (primary N) is 1. The molecule has 1 atom stereocenters. The van der Waals surface area contributed by atoms with Gasteiger partial charge >= 0.3 is 12.2 Å². The Morgan fingerprint density at radius 2 is 1.48 bits per heavy atom. The number of ether oxygens (including phenoxy) is 2. The van der Waals surface area contributed by atoms with Crippen molar-refractivity contribution in [2.24, 2.45) is 5.73 Å². The Hall–Kier alpha value is -3.02. The van der Waals surface area contributed by atoms with Gasteiger partial charge in [0.2, 0.25) is 0 Å². The maximum atomic E-state index is 11.8. The van der Waals surface area contributed by atoms with E-state index in [1.54, 1.807) is 12.1 Å². The van der Waals surface area contributed by atoms with Gasteiger partial charge in [-0.05, 0) is 17.7 Å². The van der Waals surface area contributed by atoms with E-state index >= 15 is 0 Å². The number of rotatable bonds is 6. The molecule has 0 saturated carbocycles. The largest absolute Gasteiger partial charge is 0.449 e. The van der Waals surface area contributed by atoms with Gasteiger partial charge in [-0.3, -0.25) is 5.32 Å². The molecule has 6 nitrogen and oxygen atoms in total. The van der Waals surface area contributed by atoms with E-state index < -0.39 is 12.2 Å². The number of carbonyl (C=O) groups excluding carboxylic acids is 2. The van der Waals surface area contributed by atoms with Crippen LogP contribution >= 0.6 is 0 Å². The van der Waals surface area contributed by atoms with Crippen LogP contribution < -0.4 is 11.1 Å². The van der Waals surface area contributed by atoms with Gasteiger partial charge in [0.1, 0.15) is 13.2 Å². The highest BCUT2D eigenvalue weighted by Gasteiger charge is 2.16. The number of amides is 2. The van der Waals surface area contributed by atoms with E-state index in [9.17, 15) is 9.59 Å². The molecule has 0 aliphatic heterocycles. The quantitative estimate of drug-likeness (QED) is 0.857. The van der Waals surface area contributed by atoms with Crippen LogP contribution in [0.4, 0.5) is 15.3 Å². The van der Waals surface area contributed by atoms with E-state index in [2.05, 4.69) is 5.32 Å². The van der Waals surface area contributed by atoms with Crippen molar-refractivity contribution in [3.05, 3.63) is 66.2 Å². The Labute approximate surface area is 134 Å². The highest BCUT2D eigenvalue weighted by molar-refractivity contribution is 5.84. The Morgan fingerprint density at radius 1 is 0.913 bits per heavy atom. The fraction of sp³-hybridized carbons (Fsp3) is 0.176. The topological polar surface area (TPSA) is 90.7 Å². The Balaban J connectivity index is 1.92. The summed E-state index contributed by atoms with van der Waals surface area (Å²) in [7, 11) is 0. The molecule has 0 spiro atoms. The molecule has 6 heteroatoms. The SMILES string of the molecule is NC(=O)OCC(COC(=O)Nc1ccccc1)c1ccccc1. The maximum absolute atomic E-state index is 11.8. The van der Waals surface area contributed by atoms with E-state index in [1.165, 1.54) is 0 Å². The fourth-order valence-corrected chi connectivity index (χ4v) is 2.00. The molecule has 3 N–H and O–H groups in total. The van der Waals surface area contributed by atoms with Crippen LogP contribution in [0.3, 0.4) is 0 Å². The summed E-state index contributed by atoms with van der Waals surface area (Å²) in [5.74, 6) is -0.287. The van der Waals surface area contributed by atoms with E-state index in [1.807, 2.05) is 48.5 Å². The lowest BCUT2D eigenvalue weighted by molar-refractivity contribution is 0.118. The first-order chi connectivity index (χ1) is 11.1. The molecule has 0 saturated heterocycles. The summed E-state index contributed by atoms with van der Waals surface area (Å²) in [5.41, 5.74) is 6.53. The molecule has 0 fully saturated rings. The van der Waals surface area contributed by atoms with Crippen LogP contribution in [-0.4, -0.2) is 25.4 Å². The first-order valence-corrected chi connectivity index (χ1v) is 7.11. The second-order valence-electron chi connectivity index (χ2n) is 4.83. The minimum atomic E-state index is -0.861.